The van der Waals surface area contributed by atoms with Gasteiger partial charge in [-0.25, -0.2) is 9.97 Å². The number of ether oxygens (including phenoxy) is 2. The van der Waals surface area contributed by atoms with E-state index in [1.807, 2.05) is 36.9 Å². The Morgan fingerprint density at radius 1 is 1.09 bits per heavy atom. The molecule has 4 rings (SSSR count). The van der Waals surface area contributed by atoms with Crippen molar-refractivity contribution in [3.8, 4) is 11.5 Å². The summed E-state index contributed by atoms with van der Waals surface area (Å²) in [6.45, 7) is 7.14. The molecule has 1 aromatic heterocycles. The predicted molar refractivity (Wildman–Crippen MR) is 119 cm³/mol. The molecule has 8 nitrogen and oxygen atoms in total. The van der Waals surface area contributed by atoms with Gasteiger partial charge in [-0.2, -0.15) is 0 Å². The lowest BCUT2D eigenvalue weighted by molar-refractivity contribution is -0.132. The van der Waals surface area contributed by atoms with E-state index in [0.29, 0.717) is 42.5 Å². The normalized spacial score (nSPS) is 18.1. The van der Waals surface area contributed by atoms with Crippen LogP contribution in [0.5, 0.6) is 11.5 Å². The zero-order chi connectivity index (χ0) is 22.5. The maximum atomic E-state index is 12.7. The lowest BCUT2D eigenvalue weighted by Crippen LogP contribution is -2.33. The Kier molecular flexibility index (Phi) is 6.87. The number of benzene rings is 1. The van der Waals surface area contributed by atoms with Gasteiger partial charge in [0.05, 0.1) is 17.9 Å². The zero-order valence-corrected chi connectivity index (χ0v) is 18.7. The molecule has 2 amide bonds. The van der Waals surface area contributed by atoms with Crippen LogP contribution in [0.2, 0.25) is 0 Å². The van der Waals surface area contributed by atoms with Crippen molar-refractivity contribution >= 4 is 11.8 Å². The number of likely N-dealkylation sites (tertiary alicyclic amines) is 2. The Hall–Kier alpha value is -3.16. The minimum atomic E-state index is -0.0631. The number of aromatic nitrogens is 2. The molecule has 0 bridgehead atoms. The minimum Gasteiger partial charge on any atom is -0.494 e. The molecule has 2 aromatic rings. The van der Waals surface area contributed by atoms with E-state index >= 15 is 0 Å². The largest absolute Gasteiger partial charge is 0.494 e. The Balaban J connectivity index is 1.32. The van der Waals surface area contributed by atoms with Gasteiger partial charge in [0.2, 0.25) is 0 Å². The molecule has 32 heavy (non-hydrogen) atoms. The summed E-state index contributed by atoms with van der Waals surface area (Å²) >= 11 is 0. The minimum absolute atomic E-state index is 0.0142. The Labute approximate surface area is 188 Å². The lowest BCUT2D eigenvalue weighted by Gasteiger charge is -2.18. The van der Waals surface area contributed by atoms with Gasteiger partial charge in [0, 0.05) is 44.4 Å². The van der Waals surface area contributed by atoms with Crippen LogP contribution in [-0.2, 0) is 4.79 Å². The molecular weight excluding hydrogens is 408 g/mol. The van der Waals surface area contributed by atoms with E-state index in [-0.39, 0.29) is 24.3 Å². The number of hydrogen-bond acceptors (Lipinski definition) is 6. The summed E-state index contributed by atoms with van der Waals surface area (Å²) in [5, 5.41) is 0. The van der Waals surface area contributed by atoms with Crippen LogP contribution >= 0.6 is 0 Å². The van der Waals surface area contributed by atoms with Gasteiger partial charge in [0.15, 0.2) is 6.61 Å². The first-order valence-corrected chi connectivity index (χ1v) is 11.3. The van der Waals surface area contributed by atoms with Gasteiger partial charge in [0.1, 0.15) is 17.3 Å². The fraction of sp³-hybridized carbons (Fsp3) is 0.500. The van der Waals surface area contributed by atoms with Gasteiger partial charge in [-0.05, 0) is 45.2 Å². The summed E-state index contributed by atoms with van der Waals surface area (Å²) in [5.41, 5.74) is 1.28. The SMILES string of the molecule is CCOc1cccc(OCC(=O)N2CC[C@@H](c3ncc(C(=O)N4CCCC4)c(C)n3)C2)c1. The van der Waals surface area contributed by atoms with Crippen LogP contribution in [0.25, 0.3) is 0 Å². The van der Waals surface area contributed by atoms with Gasteiger partial charge in [-0.15, -0.1) is 0 Å². The van der Waals surface area contributed by atoms with Crippen LogP contribution in [-0.4, -0.2) is 71.0 Å². The summed E-state index contributed by atoms with van der Waals surface area (Å²) in [4.78, 5) is 38.1. The average Bonchev–Trinajstić information content (AvgIpc) is 3.50. The van der Waals surface area contributed by atoms with Crippen LogP contribution in [0.3, 0.4) is 0 Å². The molecule has 0 unspecified atom stereocenters. The third-order valence-electron chi connectivity index (χ3n) is 6.01. The average molecular weight is 439 g/mol. The Morgan fingerprint density at radius 2 is 1.84 bits per heavy atom. The first-order valence-electron chi connectivity index (χ1n) is 11.3. The molecule has 2 aliphatic heterocycles. The van der Waals surface area contributed by atoms with E-state index < -0.39 is 0 Å². The van der Waals surface area contributed by atoms with Crippen molar-refractivity contribution in [1.29, 1.82) is 0 Å². The molecule has 2 saturated heterocycles. The topological polar surface area (TPSA) is 84.9 Å². The van der Waals surface area contributed by atoms with E-state index in [4.69, 9.17) is 9.47 Å². The number of aryl methyl sites for hydroxylation is 1. The molecule has 0 radical (unpaired) electrons. The standard InChI is InChI=1S/C24H30N4O4/c1-3-31-19-7-6-8-20(13-19)32-16-22(29)28-12-9-18(15-28)23-25-14-21(17(2)26-23)24(30)27-10-4-5-11-27/h6-8,13-14,18H,3-5,9-12,15-16H2,1-2H3/t18-/m1/s1. The zero-order valence-electron chi connectivity index (χ0n) is 18.7. The van der Waals surface area contributed by atoms with E-state index in [9.17, 15) is 9.59 Å². The second-order valence-electron chi connectivity index (χ2n) is 8.25. The third-order valence-corrected chi connectivity index (χ3v) is 6.01. The van der Waals surface area contributed by atoms with Gasteiger partial charge in [-0.1, -0.05) is 6.07 Å². The Bertz CT molecular complexity index is 974. The molecule has 0 N–H and O–H groups in total. The first-order chi connectivity index (χ1) is 15.5. The Morgan fingerprint density at radius 3 is 2.56 bits per heavy atom. The summed E-state index contributed by atoms with van der Waals surface area (Å²) in [6.07, 6.45) is 4.55. The maximum Gasteiger partial charge on any atom is 0.260 e. The van der Waals surface area contributed by atoms with E-state index in [0.717, 1.165) is 38.1 Å². The van der Waals surface area contributed by atoms with E-state index in [1.54, 1.807) is 17.2 Å². The van der Waals surface area contributed by atoms with Crippen molar-refractivity contribution in [3.63, 3.8) is 0 Å². The molecule has 3 heterocycles. The van der Waals surface area contributed by atoms with Gasteiger partial charge < -0.3 is 19.3 Å². The molecule has 8 heteroatoms. The number of nitrogens with zero attached hydrogens (tertiary/aromatic N) is 4. The van der Waals surface area contributed by atoms with Crippen LogP contribution in [0, 0.1) is 6.92 Å². The summed E-state index contributed by atoms with van der Waals surface area (Å²) in [7, 11) is 0. The monoisotopic (exact) mass is 438 g/mol. The smallest absolute Gasteiger partial charge is 0.260 e. The quantitative estimate of drug-likeness (QED) is 0.661. The summed E-state index contributed by atoms with van der Waals surface area (Å²) in [6, 6.07) is 7.29. The summed E-state index contributed by atoms with van der Waals surface area (Å²) < 4.78 is 11.1. The highest BCUT2D eigenvalue weighted by atomic mass is 16.5. The van der Waals surface area contributed by atoms with Crippen molar-refractivity contribution in [1.82, 2.24) is 19.8 Å². The number of amides is 2. The first kappa shape index (κ1) is 22.0. The van der Waals surface area contributed by atoms with Crippen molar-refractivity contribution in [2.75, 3.05) is 39.4 Å². The van der Waals surface area contributed by atoms with Crippen molar-refractivity contribution in [2.24, 2.45) is 0 Å². The lowest BCUT2D eigenvalue weighted by atomic mass is 10.1. The third kappa shape index (κ3) is 5.00. The van der Waals surface area contributed by atoms with Gasteiger partial charge in [-0.3, -0.25) is 9.59 Å². The second kappa shape index (κ2) is 9.97. The van der Waals surface area contributed by atoms with Crippen molar-refractivity contribution in [3.05, 3.63) is 47.5 Å². The van der Waals surface area contributed by atoms with Crippen LogP contribution < -0.4 is 9.47 Å². The number of carbonyl (C=O) groups is 2. The molecule has 170 valence electrons. The number of carbonyl (C=O) groups excluding carboxylic acids is 2. The van der Waals surface area contributed by atoms with Crippen LogP contribution in [0.4, 0.5) is 0 Å². The fourth-order valence-corrected chi connectivity index (χ4v) is 4.24. The van der Waals surface area contributed by atoms with Crippen molar-refractivity contribution in [2.45, 2.75) is 39.0 Å². The van der Waals surface area contributed by atoms with Gasteiger partial charge >= 0.3 is 0 Å². The van der Waals surface area contributed by atoms with Gasteiger partial charge in [0.25, 0.3) is 11.8 Å². The highest BCUT2D eigenvalue weighted by Crippen LogP contribution is 2.26. The fourth-order valence-electron chi connectivity index (χ4n) is 4.24. The van der Waals surface area contributed by atoms with E-state index in [2.05, 4.69) is 9.97 Å². The molecule has 2 fully saturated rings. The molecule has 0 spiro atoms. The molecular formula is C24H30N4O4. The maximum absolute atomic E-state index is 12.7. The van der Waals surface area contributed by atoms with E-state index in [1.165, 1.54) is 0 Å². The molecule has 1 aromatic carbocycles. The highest BCUT2D eigenvalue weighted by Gasteiger charge is 2.30. The molecule has 0 saturated carbocycles. The van der Waals surface area contributed by atoms with Crippen LogP contribution in [0.1, 0.15) is 54.0 Å². The highest BCUT2D eigenvalue weighted by molar-refractivity contribution is 5.95. The predicted octanol–water partition coefficient (Wildman–Crippen LogP) is 2.81. The second-order valence-corrected chi connectivity index (χ2v) is 8.25. The van der Waals surface area contributed by atoms with Crippen LogP contribution in [0.15, 0.2) is 30.5 Å². The number of rotatable bonds is 7. The summed E-state index contributed by atoms with van der Waals surface area (Å²) in [5.74, 6) is 2.04. The molecule has 2 aliphatic rings. The molecule has 1 atom stereocenters. The van der Waals surface area contributed by atoms with Crippen molar-refractivity contribution < 1.29 is 19.1 Å². The number of hydrogen-bond donors (Lipinski definition) is 0. The molecule has 0 aliphatic carbocycles.